The van der Waals surface area contributed by atoms with Crippen LogP contribution in [0.25, 0.3) is 0 Å². The molecule has 0 aliphatic rings. The lowest BCUT2D eigenvalue weighted by molar-refractivity contribution is -0.255. The van der Waals surface area contributed by atoms with E-state index in [-0.39, 0.29) is 5.56 Å². The van der Waals surface area contributed by atoms with Gasteiger partial charge in [-0.05, 0) is 35.4 Å². The molecule has 5 nitrogen and oxygen atoms in total. The summed E-state index contributed by atoms with van der Waals surface area (Å²) < 4.78 is 5.88. The predicted octanol–water partition coefficient (Wildman–Crippen LogP) is 3.08. The highest BCUT2D eigenvalue weighted by Crippen LogP contribution is 2.18. The average Bonchev–Trinajstić information content (AvgIpc) is 2.68. The molecule has 0 aliphatic heterocycles. The van der Waals surface area contributed by atoms with Gasteiger partial charge in [0.25, 0.3) is 0 Å². The number of carboxylic acid groups (broad SMARTS) is 1. The molecule has 130 valence electrons. The van der Waals surface area contributed by atoms with Crippen molar-refractivity contribution in [2.24, 2.45) is 5.10 Å². The van der Waals surface area contributed by atoms with Crippen molar-refractivity contribution in [3.8, 4) is 5.75 Å². The lowest BCUT2D eigenvalue weighted by atomic mass is 10.2. The maximum absolute atomic E-state index is 10.7. The monoisotopic (exact) mass is 345 g/mol. The zero-order valence-corrected chi connectivity index (χ0v) is 14.0. The van der Waals surface area contributed by atoms with Crippen LogP contribution in [0.2, 0.25) is 0 Å². The van der Waals surface area contributed by atoms with Crippen LogP contribution in [0.5, 0.6) is 5.75 Å². The van der Waals surface area contributed by atoms with Crippen molar-refractivity contribution < 1.29 is 14.6 Å². The standard InChI is InChI=1S/C21H18N2O3/c24-21(25)17-10-12-19(13-11-17)23-22-14-18-8-4-5-9-20(18)26-15-16-6-2-1-3-7-16/h1-14,23H,15H2,(H,24,25)/p-1/b22-14-. The predicted molar refractivity (Wildman–Crippen MR) is 99.2 cm³/mol. The van der Waals surface area contributed by atoms with Crippen molar-refractivity contribution in [1.82, 2.24) is 0 Å². The van der Waals surface area contributed by atoms with Crippen LogP contribution in [0, 0.1) is 0 Å². The van der Waals surface area contributed by atoms with Crippen LogP contribution in [0.15, 0.2) is 84.0 Å². The van der Waals surface area contributed by atoms with Gasteiger partial charge in [0.1, 0.15) is 12.4 Å². The summed E-state index contributed by atoms with van der Waals surface area (Å²) in [7, 11) is 0. The van der Waals surface area contributed by atoms with E-state index in [0.29, 0.717) is 12.3 Å². The van der Waals surface area contributed by atoms with E-state index in [0.717, 1.165) is 16.9 Å². The first-order valence-corrected chi connectivity index (χ1v) is 8.08. The molecular weight excluding hydrogens is 328 g/mol. The molecule has 0 saturated heterocycles. The first-order valence-electron chi connectivity index (χ1n) is 8.08. The largest absolute Gasteiger partial charge is 0.545 e. The molecule has 0 unspecified atom stereocenters. The molecule has 0 aliphatic carbocycles. The Hall–Kier alpha value is -3.60. The molecular formula is C21H17N2O3-. The summed E-state index contributed by atoms with van der Waals surface area (Å²) in [6.45, 7) is 0.476. The van der Waals surface area contributed by atoms with E-state index < -0.39 is 5.97 Å². The molecule has 0 radical (unpaired) electrons. The van der Waals surface area contributed by atoms with Crippen LogP contribution >= 0.6 is 0 Å². The summed E-state index contributed by atoms with van der Waals surface area (Å²) in [5.74, 6) is -0.473. The first-order chi connectivity index (χ1) is 12.7. The highest BCUT2D eigenvalue weighted by Gasteiger charge is 2.01. The average molecular weight is 345 g/mol. The van der Waals surface area contributed by atoms with Gasteiger partial charge in [-0.3, -0.25) is 5.43 Å². The second kappa shape index (κ2) is 8.48. The van der Waals surface area contributed by atoms with E-state index in [9.17, 15) is 9.90 Å². The zero-order chi connectivity index (χ0) is 18.2. The van der Waals surface area contributed by atoms with Crippen LogP contribution in [0.4, 0.5) is 5.69 Å². The fourth-order valence-electron chi connectivity index (χ4n) is 2.31. The molecule has 0 amide bonds. The second-order valence-electron chi connectivity index (χ2n) is 5.55. The number of aromatic carboxylic acids is 1. The van der Waals surface area contributed by atoms with Crippen molar-refractivity contribution >= 4 is 17.9 Å². The Balaban J connectivity index is 1.64. The third-order valence-corrected chi connectivity index (χ3v) is 3.67. The molecule has 0 atom stereocenters. The number of carbonyl (C=O) groups is 1. The minimum atomic E-state index is -1.20. The molecule has 0 heterocycles. The quantitative estimate of drug-likeness (QED) is 0.527. The van der Waals surface area contributed by atoms with Gasteiger partial charge in [0.05, 0.1) is 17.9 Å². The zero-order valence-electron chi connectivity index (χ0n) is 14.0. The lowest BCUT2D eigenvalue weighted by Crippen LogP contribution is -2.21. The summed E-state index contributed by atoms with van der Waals surface area (Å²) in [6.07, 6.45) is 1.66. The van der Waals surface area contributed by atoms with Gasteiger partial charge in [0.15, 0.2) is 0 Å². The summed E-state index contributed by atoms with van der Waals surface area (Å²) in [5, 5.41) is 14.9. The topological polar surface area (TPSA) is 73.8 Å². The number of carboxylic acids is 1. The molecule has 0 fully saturated rings. The van der Waals surface area contributed by atoms with E-state index >= 15 is 0 Å². The number of benzene rings is 3. The molecule has 0 aromatic heterocycles. The molecule has 0 saturated carbocycles. The van der Waals surface area contributed by atoms with Gasteiger partial charge in [0.2, 0.25) is 0 Å². The minimum absolute atomic E-state index is 0.124. The number of hydrogen-bond acceptors (Lipinski definition) is 5. The summed E-state index contributed by atoms with van der Waals surface area (Å²) in [6, 6.07) is 23.7. The Morgan fingerprint density at radius 1 is 0.962 bits per heavy atom. The third-order valence-electron chi connectivity index (χ3n) is 3.67. The molecule has 26 heavy (non-hydrogen) atoms. The van der Waals surface area contributed by atoms with Crippen molar-refractivity contribution in [3.63, 3.8) is 0 Å². The summed E-state index contributed by atoms with van der Waals surface area (Å²) in [5.41, 5.74) is 5.58. The second-order valence-corrected chi connectivity index (χ2v) is 5.55. The SMILES string of the molecule is O=C([O-])c1ccc(N/N=C\c2ccccc2OCc2ccccc2)cc1. The number of anilines is 1. The van der Waals surface area contributed by atoms with Gasteiger partial charge >= 0.3 is 0 Å². The van der Waals surface area contributed by atoms with E-state index in [1.165, 1.54) is 12.1 Å². The van der Waals surface area contributed by atoms with Gasteiger partial charge in [-0.1, -0.05) is 54.6 Å². The summed E-state index contributed by atoms with van der Waals surface area (Å²) >= 11 is 0. The van der Waals surface area contributed by atoms with E-state index in [4.69, 9.17) is 4.74 Å². The highest BCUT2D eigenvalue weighted by atomic mass is 16.5. The van der Waals surface area contributed by atoms with Crippen LogP contribution in [0.3, 0.4) is 0 Å². The lowest BCUT2D eigenvalue weighted by Gasteiger charge is -2.09. The van der Waals surface area contributed by atoms with Crippen LogP contribution in [0.1, 0.15) is 21.5 Å². The molecule has 0 bridgehead atoms. The molecule has 3 aromatic rings. The minimum Gasteiger partial charge on any atom is -0.545 e. The van der Waals surface area contributed by atoms with E-state index in [1.54, 1.807) is 18.3 Å². The van der Waals surface area contributed by atoms with Crippen molar-refractivity contribution in [2.45, 2.75) is 6.61 Å². The Morgan fingerprint density at radius 3 is 2.38 bits per heavy atom. The maximum atomic E-state index is 10.7. The van der Waals surface area contributed by atoms with E-state index in [1.807, 2.05) is 54.6 Å². The van der Waals surface area contributed by atoms with Crippen LogP contribution < -0.4 is 15.3 Å². The number of rotatable bonds is 7. The van der Waals surface area contributed by atoms with Crippen molar-refractivity contribution in [1.29, 1.82) is 0 Å². The molecule has 3 rings (SSSR count). The van der Waals surface area contributed by atoms with Crippen LogP contribution in [-0.2, 0) is 6.61 Å². The molecule has 3 aromatic carbocycles. The normalized spacial score (nSPS) is 10.6. The highest BCUT2D eigenvalue weighted by molar-refractivity contribution is 5.86. The molecule has 0 spiro atoms. The number of hydrogen-bond donors (Lipinski definition) is 1. The van der Waals surface area contributed by atoms with Gasteiger partial charge in [0, 0.05) is 5.56 Å². The first kappa shape index (κ1) is 17.2. The van der Waals surface area contributed by atoms with Gasteiger partial charge in [-0.2, -0.15) is 5.10 Å². The third kappa shape index (κ3) is 4.70. The summed E-state index contributed by atoms with van der Waals surface area (Å²) in [4.78, 5) is 10.7. The number of hydrazone groups is 1. The Morgan fingerprint density at radius 2 is 1.65 bits per heavy atom. The van der Waals surface area contributed by atoms with Gasteiger partial charge < -0.3 is 14.6 Å². The van der Waals surface area contributed by atoms with Crippen molar-refractivity contribution in [2.75, 3.05) is 5.43 Å². The fourth-order valence-corrected chi connectivity index (χ4v) is 2.31. The Labute approximate surface area is 151 Å². The smallest absolute Gasteiger partial charge is 0.128 e. The maximum Gasteiger partial charge on any atom is 0.128 e. The Kier molecular flexibility index (Phi) is 5.62. The van der Waals surface area contributed by atoms with Gasteiger partial charge in [-0.15, -0.1) is 0 Å². The van der Waals surface area contributed by atoms with E-state index in [2.05, 4.69) is 10.5 Å². The van der Waals surface area contributed by atoms with Crippen LogP contribution in [-0.4, -0.2) is 12.2 Å². The fraction of sp³-hybridized carbons (Fsp3) is 0.0476. The number of carbonyl (C=O) groups excluding carboxylic acids is 1. The van der Waals surface area contributed by atoms with Gasteiger partial charge in [-0.25, -0.2) is 0 Å². The number of para-hydroxylation sites is 1. The van der Waals surface area contributed by atoms with Crippen molar-refractivity contribution in [3.05, 3.63) is 95.6 Å². The number of nitrogens with zero attached hydrogens (tertiary/aromatic N) is 1. The number of nitrogens with one attached hydrogen (secondary N) is 1. The molecule has 1 N–H and O–H groups in total. The Bertz CT molecular complexity index is 891. The molecule has 5 heteroatoms. The number of ether oxygens (including phenoxy) is 1.